The molecule has 0 aromatic carbocycles. The Morgan fingerprint density at radius 2 is 1.24 bits per heavy atom. The van der Waals surface area contributed by atoms with Gasteiger partial charge in [0.15, 0.2) is 0 Å². The number of rotatable bonds is 14. The molecule has 0 aliphatic heterocycles. The zero-order valence-electron chi connectivity index (χ0n) is 15.0. The van der Waals surface area contributed by atoms with E-state index in [4.69, 9.17) is 4.74 Å². The zero-order chi connectivity index (χ0) is 15.9. The molecule has 0 N–H and O–H groups in total. The SMILES string of the molecule is CCCCCCCCCCCCCC(C)C(C)C(=O)OC. The number of carbonyl (C=O) groups excluding carboxylic acids is 1. The molecule has 0 aromatic rings. The third kappa shape index (κ3) is 11.8. The Kier molecular flexibility index (Phi) is 14.0. The Balaban J connectivity index is 3.30. The van der Waals surface area contributed by atoms with Crippen LogP contribution in [0.5, 0.6) is 0 Å². The van der Waals surface area contributed by atoms with Crippen LogP contribution in [0.4, 0.5) is 0 Å². The molecule has 0 aromatic heterocycles. The minimum absolute atomic E-state index is 0.0399. The summed E-state index contributed by atoms with van der Waals surface area (Å²) in [6.07, 6.45) is 16.3. The Morgan fingerprint density at radius 1 is 0.810 bits per heavy atom. The van der Waals surface area contributed by atoms with E-state index in [9.17, 15) is 4.79 Å². The fourth-order valence-corrected chi connectivity index (χ4v) is 2.80. The van der Waals surface area contributed by atoms with Crippen LogP contribution in [0.15, 0.2) is 0 Å². The molecule has 2 heteroatoms. The van der Waals surface area contributed by atoms with Gasteiger partial charge in [-0.2, -0.15) is 0 Å². The van der Waals surface area contributed by atoms with Crippen molar-refractivity contribution in [1.29, 1.82) is 0 Å². The Morgan fingerprint density at radius 3 is 1.67 bits per heavy atom. The smallest absolute Gasteiger partial charge is 0.308 e. The summed E-state index contributed by atoms with van der Waals surface area (Å²) in [5.41, 5.74) is 0. The maximum absolute atomic E-state index is 11.4. The van der Waals surface area contributed by atoms with E-state index in [1.54, 1.807) is 0 Å². The summed E-state index contributed by atoms with van der Waals surface area (Å²) in [6, 6.07) is 0. The minimum Gasteiger partial charge on any atom is -0.469 e. The average molecular weight is 299 g/mol. The molecule has 0 heterocycles. The summed E-state index contributed by atoms with van der Waals surface area (Å²) < 4.78 is 4.80. The van der Waals surface area contributed by atoms with Gasteiger partial charge in [-0.3, -0.25) is 4.79 Å². The van der Waals surface area contributed by atoms with Crippen molar-refractivity contribution in [2.75, 3.05) is 7.11 Å². The first-order valence-corrected chi connectivity index (χ1v) is 9.21. The molecule has 0 rings (SSSR count). The molecule has 0 saturated carbocycles. The lowest BCUT2D eigenvalue weighted by Gasteiger charge is -2.17. The molecule has 21 heavy (non-hydrogen) atoms. The number of esters is 1. The van der Waals surface area contributed by atoms with Crippen LogP contribution in [0.3, 0.4) is 0 Å². The van der Waals surface area contributed by atoms with E-state index in [0.29, 0.717) is 5.92 Å². The van der Waals surface area contributed by atoms with Gasteiger partial charge in [0.25, 0.3) is 0 Å². The molecule has 2 nitrogen and oxygen atoms in total. The van der Waals surface area contributed by atoms with Crippen molar-refractivity contribution in [1.82, 2.24) is 0 Å². The van der Waals surface area contributed by atoms with Crippen molar-refractivity contribution >= 4 is 5.97 Å². The number of carbonyl (C=O) groups is 1. The first-order valence-electron chi connectivity index (χ1n) is 9.21. The largest absolute Gasteiger partial charge is 0.469 e. The normalized spacial score (nSPS) is 13.9. The molecular formula is C19H38O2. The highest BCUT2D eigenvalue weighted by molar-refractivity contribution is 5.72. The van der Waals surface area contributed by atoms with Gasteiger partial charge in [-0.1, -0.05) is 91.4 Å². The van der Waals surface area contributed by atoms with Crippen LogP contribution >= 0.6 is 0 Å². The molecule has 2 atom stereocenters. The summed E-state index contributed by atoms with van der Waals surface area (Å²) in [7, 11) is 1.48. The third-order valence-corrected chi connectivity index (χ3v) is 4.69. The van der Waals surface area contributed by atoms with E-state index in [0.717, 1.165) is 6.42 Å². The Labute approximate surface area is 133 Å². The van der Waals surface area contributed by atoms with Crippen molar-refractivity contribution in [3.05, 3.63) is 0 Å². The molecule has 0 fully saturated rings. The van der Waals surface area contributed by atoms with Crippen LogP contribution in [0, 0.1) is 11.8 Å². The third-order valence-electron chi connectivity index (χ3n) is 4.69. The molecule has 2 unspecified atom stereocenters. The highest BCUT2D eigenvalue weighted by atomic mass is 16.5. The van der Waals surface area contributed by atoms with E-state index in [1.165, 1.54) is 77.7 Å². The topological polar surface area (TPSA) is 26.3 Å². The second-order valence-electron chi connectivity index (χ2n) is 6.61. The van der Waals surface area contributed by atoms with Gasteiger partial charge >= 0.3 is 5.97 Å². The Bertz CT molecular complexity index is 238. The van der Waals surface area contributed by atoms with Crippen LogP contribution < -0.4 is 0 Å². The van der Waals surface area contributed by atoms with E-state index in [1.807, 2.05) is 6.92 Å². The van der Waals surface area contributed by atoms with Crippen LogP contribution in [0.1, 0.15) is 97.8 Å². The van der Waals surface area contributed by atoms with Gasteiger partial charge in [-0.25, -0.2) is 0 Å². The molecule has 0 aliphatic carbocycles. The van der Waals surface area contributed by atoms with Crippen molar-refractivity contribution in [2.45, 2.75) is 97.8 Å². The van der Waals surface area contributed by atoms with Gasteiger partial charge < -0.3 is 4.74 Å². The zero-order valence-corrected chi connectivity index (χ0v) is 15.0. The Hall–Kier alpha value is -0.530. The number of hydrogen-bond acceptors (Lipinski definition) is 2. The summed E-state index contributed by atoms with van der Waals surface area (Å²) >= 11 is 0. The summed E-state index contributed by atoms with van der Waals surface area (Å²) in [6.45, 7) is 6.42. The quantitative estimate of drug-likeness (QED) is 0.285. The molecule has 0 bridgehead atoms. The van der Waals surface area contributed by atoms with Crippen LogP contribution in [0.25, 0.3) is 0 Å². The van der Waals surface area contributed by atoms with E-state index < -0.39 is 0 Å². The second kappa shape index (κ2) is 14.4. The van der Waals surface area contributed by atoms with E-state index in [2.05, 4.69) is 13.8 Å². The number of ether oxygens (including phenoxy) is 1. The van der Waals surface area contributed by atoms with E-state index in [-0.39, 0.29) is 11.9 Å². The summed E-state index contributed by atoms with van der Waals surface area (Å²) in [5, 5.41) is 0. The fourth-order valence-electron chi connectivity index (χ4n) is 2.80. The highest BCUT2D eigenvalue weighted by Crippen LogP contribution is 2.20. The molecule has 0 radical (unpaired) electrons. The first-order chi connectivity index (χ1) is 10.1. The van der Waals surface area contributed by atoms with Crippen molar-refractivity contribution in [3.8, 4) is 0 Å². The van der Waals surface area contributed by atoms with Crippen LogP contribution in [-0.4, -0.2) is 13.1 Å². The lowest BCUT2D eigenvalue weighted by molar-refractivity contribution is -0.146. The first kappa shape index (κ1) is 20.5. The van der Waals surface area contributed by atoms with Gasteiger partial charge in [0, 0.05) is 0 Å². The predicted molar refractivity (Wildman–Crippen MR) is 91.4 cm³/mol. The number of hydrogen-bond donors (Lipinski definition) is 0. The second-order valence-corrected chi connectivity index (χ2v) is 6.61. The van der Waals surface area contributed by atoms with Crippen molar-refractivity contribution in [2.24, 2.45) is 11.8 Å². The van der Waals surface area contributed by atoms with Crippen LogP contribution in [-0.2, 0) is 9.53 Å². The van der Waals surface area contributed by atoms with E-state index >= 15 is 0 Å². The molecular weight excluding hydrogens is 260 g/mol. The predicted octanol–water partition coefficient (Wildman–Crippen LogP) is 6.13. The van der Waals surface area contributed by atoms with Crippen LogP contribution in [0.2, 0.25) is 0 Å². The molecule has 0 spiro atoms. The molecule has 126 valence electrons. The average Bonchev–Trinajstić information content (AvgIpc) is 2.50. The highest BCUT2D eigenvalue weighted by Gasteiger charge is 2.19. The van der Waals surface area contributed by atoms with Gasteiger partial charge in [0.1, 0.15) is 0 Å². The fraction of sp³-hybridized carbons (Fsp3) is 0.947. The van der Waals surface area contributed by atoms with Gasteiger partial charge in [-0.15, -0.1) is 0 Å². The van der Waals surface area contributed by atoms with Gasteiger partial charge in [0.05, 0.1) is 13.0 Å². The minimum atomic E-state index is -0.0643. The van der Waals surface area contributed by atoms with Crippen molar-refractivity contribution in [3.63, 3.8) is 0 Å². The lowest BCUT2D eigenvalue weighted by atomic mass is 9.90. The number of methoxy groups -OCH3 is 1. The standard InChI is InChI=1S/C19H38O2/c1-5-6-7-8-9-10-11-12-13-14-15-16-17(2)18(3)19(20)21-4/h17-18H,5-16H2,1-4H3. The van der Waals surface area contributed by atoms with Gasteiger partial charge in [0.2, 0.25) is 0 Å². The summed E-state index contributed by atoms with van der Waals surface area (Å²) in [4.78, 5) is 11.4. The maximum atomic E-state index is 11.4. The lowest BCUT2D eigenvalue weighted by Crippen LogP contribution is -2.20. The maximum Gasteiger partial charge on any atom is 0.308 e. The van der Waals surface area contributed by atoms with Gasteiger partial charge in [-0.05, 0) is 12.3 Å². The molecule has 0 aliphatic rings. The summed E-state index contributed by atoms with van der Waals surface area (Å²) in [5.74, 6) is 0.416. The number of unbranched alkanes of at least 4 members (excludes halogenated alkanes) is 10. The molecule has 0 saturated heterocycles. The van der Waals surface area contributed by atoms with Crippen molar-refractivity contribution < 1.29 is 9.53 Å². The monoisotopic (exact) mass is 298 g/mol. The molecule has 0 amide bonds.